The fourth-order valence-corrected chi connectivity index (χ4v) is 3.27. The minimum Gasteiger partial charge on any atom is -0.442 e. The zero-order valence-corrected chi connectivity index (χ0v) is 17.3. The number of benzene rings is 2. The predicted molar refractivity (Wildman–Crippen MR) is 111 cm³/mol. The van der Waals surface area contributed by atoms with Crippen LogP contribution in [0.2, 0.25) is 0 Å². The highest BCUT2D eigenvalue weighted by molar-refractivity contribution is 5.92. The van der Waals surface area contributed by atoms with Gasteiger partial charge in [0.2, 0.25) is 6.10 Å². The number of carbonyl (C=O) groups excluding carboxylic acids is 2. The van der Waals surface area contributed by atoms with Crippen molar-refractivity contribution in [1.82, 2.24) is 20.3 Å². The molecule has 1 aromatic heterocycles. The zero-order valence-electron chi connectivity index (χ0n) is 17.3. The van der Waals surface area contributed by atoms with E-state index in [9.17, 15) is 9.59 Å². The summed E-state index contributed by atoms with van der Waals surface area (Å²) in [7, 11) is 0. The average Bonchev–Trinajstić information content (AvgIpc) is 3.45. The second kappa shape index (κ2) is 8.10. The Bertz CT molecular complexity index is 1090. The topological polar surface area (TPSA) is 86.1 Å². The lowest BCUT2D eigenvalue weighted by Crippen LogP contribution is -2.33. The van der Waals surface area contributed by atoms with Gasteiger partial charge in [-0.2, -0.15) is 9.90 Å². The van der Waals surface area contributed by atoms with E-state index in [0.29, 0.717) is 11.3 Å². The number of esters is 1. The van der Waals surface area contributed by atoms with Crippen molar-refractivity contribution in [1.29, 1.82) is 0 Å². The number of hydrogen-bond acceptors (Lipinski definition) is 5. The van der Waals surface area contributed by atoms with Crippen molar-refractivity contribution in [3.8, 4) is 5.69 Å². The van der Waals surface area contributed by atoms with E-state index in [1.54, 1.807) is 19.1 Å². The van der Waals surface area contributed by atoms with Crippen molar-refractivity contribution in [2.24, 2.45) is 0 Å². The molecule has 1 aliphatic carbocycles. The van der Waals surface area contributed by atoms with Crippen molar-refractivity contribution < 1.29 is 14.3 Å². The molecule has 3 aromatic rings. The molecule has 1 fully saturated rings. The first-order valence-electron chi connectivity index (χ1n) is 10.0. The fourth-order valence-electron chi connectivity index (χ4n) is 3.27. The minimum atomic E-state index is -1.04. The molecule has 0 aliphatic heterocycles. The molecule has 0 bridgehead atoms. The van der Waals surface area contributed by atoms with Crippen LogP contribution in [-0.4, -0.2) is 32.9 Å². The number of ether oxygens (including phenoxy) is 1. The lowest BCUT2D eigenvalue weighted by molar-refractivity contribution is -0.130. The molecule has 2 aromatic carbocycles. The molecule has 7 nitrogen and oxygen atoms in total. The van der Waals surface area contributed by atoms with E-state index in [4.69, 9.17) is 4.74 Å². The van der Waals surface area contributed by atoms with Gasteiger partial charge in [-0.25, -0.2) is 4.79 Å². The number of aryl methyl sites for hydroxylation is 3. The summed E-state index contributed by atoms with van der Waals surface area (Å²) in [6.45, 7) is 5.68. The maximum atomic E-state index is 12.9. The first kappa shape index (κ1) is 19.8. The number of hydrogen-bond donors (Lipinski definition) is 1. The third kappa shape index (κ3) is 4.25. The van der Waals surface area contributed by atoms with Gasteiger partial charge in [0.05, 0.1) is 11.4 Å². The van der Waals surface area contributed by atoms with Crippen LogP contribution in [0.5, 0.6) is 0 Å². The molecule has 0 unspecified atom stereocenters. The van der Waals surface area contributed by atoms with Crippen LogP contribution in [0.4, 0.5) is 0 Å². The third-order valence-corrected chi connectivity index (χ3v) is 5.03. The van der Waals surface area contributed by atoms with E-state index in [1.807, 2.05) is 50.2 Å². The average molecular weight is 404 g/mol. The van der Waals surface area contributed by atoms with Crippen LogP contribution in [0, 0.1) is 20.8 Å². The molecule has 7 heteroatoms. The Kier molecular flexibility index (Phi) is 5.35. The van der Waals surface area contributed by atoms with Gasteiger partial charge in [0, 0.05) is 11.6 Å². The SMILES string of the molecule is Cc1ccc(-n2nc(C)c(C(=O)O[C@@H](C(=O)NC3CC3)c3ccccc3)n2)c(C)c1. The molecule has 30 heavy (non-hydrogen) atoms. The van der Waals surface area contributed by atoms with Crippen LogP contribution in [0.1, 0.15) is 51.8 Å². The molecule has 1 atom stereocenters. The monoisotopic (exact) mass is 404 g/mol. The van der Waals surface area contributed by atoms with Gasteiger partial charge in [-0.15, -0.1) is 5.10 Å². The van der Waals surface area contributed by atoms with Gasteiger partial charge >= 0.3 is 5.97 Å². The summed E-state index contributed by atoms with van der Waals surface area (Å²) in [6, 6.07) is 15.1. The van der Waals surface area contributed by atoms with E-state index in [1.165, 1.54) is 4.80 Å². The summed E-state index contributed by atoms with van der Waals surface area (Å²) < 4.78 is 5.63. The number of nitrogens with zero attached hydrogens (tertiary/aromatic N) is 3. The lowest BCUT2D eigenvalue weighted by atomic mass is 10.1. The molecule has 1 aliphatic rings. The fraction of sp³-hybridized carbons (Fsp3) is 0.304. The predicted octanol–water partition coefficient (Wildman–Crippen LogP) is 3.37. The Hall–Kier alpha value is -3.48. The number of nitrogens with one attached hydrogen (secondary N) is 1. The van der Waals surface area contributed by atoms with E-state index in [0.717, 1.165) is 29.7 Å². The number of amides is 1. The van der Waals surface area contributed by atoms with Crippen molar-refractivity contribution in [2.45, 2.75) is 45.8 Å². The number of carbonyl (C=O) groups is 2. The minimum absolute atomic E-state index is 0.0927. The Balaban J connectivity index is 1.59. The van der Waals surface area contributed by atoms with E-state index in [-0.39, 0.29) is 17.6 Å². The number of aromatic nitrogens is 3. The van der Waals surface area contributed by atoms with Crippen LogP contribution in [0.25, 0.3) is 5.69 Å². The molecule has 4 rings (SSSR count). The van der Waals surface area contributed by atoms with Gasteiger partial charge in [0.15, 0.2) is 5.69 Å². The summed E-state index contributed by atoms with van der Waals surface area (Å²) in [5.74, 6) is -1.00. The molecule has 1 heterocycles. The largest absolute Gasteiger partial charge is 0.442 e. The molecule has 0 spiro atoms. The smallest absolute Gasteiger partial charge is 0.361 e. The second-order valence-corrected chi connectivity index (χ2v) is 7.69. The van der Waals surface area contributed by atoms with Crippen LogP contribution in [-0.2, 0) is 9.53 Å². The van der Waals surface area contributed by atoms with Gasteiger partial charge in [0.25, 0.3) is 5.91 Å². The van der Waals surface area contributed by atoms with E-state index >= 15 is 0 Å². The standard InChI is InChI=1S/C23H24N4O3/c1-14-9-12-19(15(2)13-14)27-25-16(3)20(26-27)23(29)30-21(17-7-5-4-6-8-17)22(28)24-18-10-11-18/h4-9,12-13,18,21H,10-11H2,1-3H3,(H,24,28)/t21-/m1/s1. The molecule has 1 saturated carbocycles. The van der Waals surface area contributed by atoms with Gasteiger partial charge < -0.3 is 10.1 Å². The van der Waals surface area contributed by atoms with Crippen LogP contribution in [0.15, 0.2) is 48.5 Å². The number of rotatable bonds is 6. The molecule has 0 saturated heterocycles. The highest BCUT2D eigenvalue weighted by atomic mass is 16.5. The summed E-state index contributed by atoms with van der Waals surface area (Å²) in [5, 5.41) is 11.6. The van der Waals surface area contributed by atoms with Gasteiger partial charge in [-0.05, 0) is 45.2 Å². The summed E-state index contributed by atoms with van der Waals surface area (Å²) >= 11 is 0. The Morgan fingerprint density at radius 2 is 1.80 bits per heavy atom. The van der Waals surface area contributed by atoms with Crippen LogP contribution >= 0.6 is 0 Å². The van der Waals surface area contributed by atoms with Gasteiger partial charge in [-0.3, -0.25) is 4.79 Å². The van der Waals surface area contributed by atoms with Gasteiger partial charge in [0.1, 0.15) is 0 Å². The van der Waals surface area contributed by atoms with Crippen LogP contribution in [0.3, 0.4) is 0 Å². The van der Waals surface area contributed by atoms with Crippen molar-refractivity contribution in [2.75, 3.05) is 0 Å². The highest BCUT2D eigenvalue weighted by Crippen LogP contribution is 2.24. The quantitative estimate of drug-likeness (QED) is 0.637. The molecule has 0 radical (unpaired) electrons. The molecular formula is C23H24N4O3. The maximum Gasteiger partial charge on any atom is 0.361 e. The Morgan fingerprint density at radius 1 is 1.07 bits per heavy atom. The van der Waals surface area contributed by atoms with Crippen molar-refractivity contribution >= 4 is 11.9 Å². The first-order chi connectivity index (χ1) is 14.4. The molecular weight excluding hydrogens is 380 g/mol. The highest BCUT2D eigenvalue weighted by Gasteiger charge is 2.32. The van der Waals surface area contributed by atoms with Gasteiger partial charge in [-0.1, -0.05) is 48.0 Å². The molecule has 154 valence electrons. The second-order valence-electron chi connectivity index (χ2n) is 7.69. The summed E-state index contributed by atoms with van der Waals surface area (Å²) in [4.78, 5) is 27.1. The summed E-state index contributed by atoms with van der Waals surface area (Å²) in [6.07, 6.45) is 0.861. The molecule has 1 amide bonds. The third-order valence-electron chi connectivity index (χ3n) is 5.03. The Labute approximate surface area is 175 Å². The van der Waals surface area contributed by atoms with E-state index in [2.05, 4.69) is 15.5 Å². The zero-order chi connectivity index (χ0) is 21.3. The maximum absolute atomic E-state index is 12.9. The van der Waals surface area contributed by atoms with E-state index < -0.39 is 12.1 Å². The summed E-state index contributed by atoms with van der Waals surface area (Å²) in [5.41, 5.74) is 4.06. The van der Waals surface area contributed by atoms with Crippen molar-refractivity contribution in [3.63, 3.8) is 0 Å². The van der Waals surface area contributed by atoms with Crippen LogP contribution < -0.4 is 5.32 Å². The lowest BCUT2D eigenvalue weighted by Gasteiger charge is -2.17. The normalized spacial score (nSPS) is 14.2. The first-order valence-corrected chi connectivity index (χ1v) is 10.0. The van der Waals surface area contributed by atoms with Crippen molar-refractivity contribution in [3.05, 3.63) is 76.6 Å². The molecule has 1 N–H and O–H groups in total. The Morgan fingerprint density at radius 3 is 2.47 bits per heavy atom.